The Hall–Kier alpha value is -2.17. The number of nitrogens with zero attached hydrogens (tertiary/aromatic N) is 1. The molecular formula is C14H16NO4+. The molecule has 0 aromatic rings. The van der Waals surface area contributed by atoms with Crippen LogP contribution in [0.15, 0.2) is 46.9 Å². The molecule has 1 unspecified atom stereocenters. The van der Waals surface area contributed by atoms with Gasteiger partial charge in [0.05, 0.1) is 7.11 Å². The lowest BCUT2D eigenvalue weighted by molar-refractivity contribution is -0.500. The predicted molar refractivity (Wildman–Crippen MR) is 69.1 cm³/mol. The summed E-state index contributed by atoms with van der Waals surface area (Å²) in [6.45, 7) is 3.35. The smallest absolute Gasteiger partial charge is 0.302 e. The SMILES string of the molecule is COC1=CC2=C(COC(C)=O)C(C)=C[N+](=O)C2C=C1. The molecule has 0 saturated carbocycles. The number of rotatable bonds is 3. The van der Waals surface area contributed by atoms with Gasteiger partial charge in [0, 0.05) is 33.3 Å². The molecule has 5 nitrogen and oxygen atoms in total. The second-order valence-corrected chi connectivity index (χ2v) is 4.44. The van der Waals surface area contributed by atoms with Gasteiger partial charge in [-0.2, -0.15) is 0 Å². The number of ether oxygens (including phenoxy) is 2. The van der Waals surface area contributed by atoms with E-state index < -0.39 is 0 Å². The highest BCUT2D eigenvalue weighted by atomic mass is 16.5. The van der Waals surface area contributed by atoms with E-state index in [0.29, 0.717) is 5.76 Å². The summed E-state index contributed by atoms with van der Waals surface area (Å²) in [6, 6.07) is -0.381. The third-order valence-electron chi connectivity index (χ3n) is 3.13. The largest absolute Gasteiger partial charge is 0.497 e. The Morgan fingerprint density at radius 1 is 1.47 bits per heavy atom. The molecule has 1 aliphatic carbocycles. The number of fused-ring (bicyclic) bond motifs is 1. The van der Waals surface area contributed by atoms with Crippen LogP contribution < -0.4 is 0 Å². The number of carbonyl (C=O) groups excluding carboxylic acids is 1. The fourth-order valence-electron chi connectivity index (χ4n) is 2.14. The van der Waals surface area contributed by atoms with Crippen LogP contribution in [0.2, 0.25) is 0 Å². The summed E-state index contributed by atoms with van der Waals surface area (Å²) in [6.07, 6.45) is 6.86. The molecule has 1 atom stereocenters. The molecule has 2 aliphatic rings. The molecule has 0 spiro atoms. The van der Waals surface area contributed by atoms with Gasteiger partial charge >= 0.3 is 5.97 Å². The first-order valence-corrected chi connectivity index (χ1v) is 5.97. The lowest BCUT2D eigenvalue weighted by Crippen LogP contribution is -2.28. The van der Waals surface area contributed by atoms with Crippen molar-refractivity contribution in [3.05, 3.63) is 51.8 Å². The fourth-order valence-corrected chi connectivity index (χ4v) is 2.14. The summed E-state index contributed by atoms with van der Waals surface area (Å²) in [5.41, 5.74) is 2.46. The van der Waals surface area contributed by atoms with Gasteiger partial charge in [-0.15, -0.1) is 0 Å². The van der Waals surface area contributed by atoms with E-state index in [9.17, 15) is 9.70 Å². The van der Waals surface area contributed by atoms with Crippen LogP contribution in [-0.4, -0.2) is 30.5 Å². The number of nitroso groups, excluding NO2 is 1. The zero-order valence-corrected chi connectivity index (χ0v) is 11.2. The van der Waals surface area contributed by atoms with Crippen molar-refractivity contribution in [3.63, 3.8) is 0 Å². The average Bonchev–Trinajstić information content (AvgIpc) is 2.37. The van der Waals surface area contributed by atoms with Gasteiger partial charge < -0.3 is 9.47 Å². The van der Waals surface area contributed by atoms with Gasteiger partial charge in [0.25, 0.3) is 6.04 Å². The summed E-state index contributed by atoms with van der Waals surface area (Å²) in [5.74, 6) is 0.332. The van der Waals surface area contributed by atoms with Crippen molar-refractivity contribution in [1.82, 2.24) is 0 Å². The molecule has 0 radical (unpaired) electrons. The Balaban J connectivity index is 2.41. The first kappa shape index (κ1) is 13.3. The van der Waals surface area contributed by atoms with Gasteiger partial charge in [0.2, 0.25) is 6.20 Å². The highest BCUT2D eigenvalue weighted by Gasteiger charge is 2.35. The van der Waals surface area contributed by atoms with Gasteiger partial charge in [-0.25, -0.2) is 0 Å². The lowest BCUT2D eigenvalue weighted by atomic mass is 9.90. The fraction of sp³-hybridized carbons (Fsp3) is 0.357. The molecule has 0 amide bonds. The van der Waals surface area contributed by atoms with Crippen LogP contribution in [-0.2, 0) is 14.3 Å². The average molecular weight is 262 g/mol. The Kier molecular flexibility index (Phi) is 3.64. The van der Waals surface area contributed by atoms with E-state index >= 15 is 0 Å². The van der Waals surface area contributed by atoms with E-state index in [4.69, 9.17) is 9.47 Å². The van der Waals surface area contributed by atoms with Crippen LogP contribution in [0.1, 0.15) is 13.8 Å². The maximum Gasteiger partial charge on any atom is 0.302 e. The van der Waals surface area contributed by atoms with Gasteiger partial charge in [-0.1, -0.05) is 0 Å². The number of esters is 1. The molecule has 0 fully saturated rings. The molecule has 0 saturated heterocycles. The first-order chi connectivity index (χ1) is 9.02. The zero-order valence-electron chi connectivity index (χ0n) is 11.2. The van der Waals surface area contributed by atoms with Crippen molar-refractivity contribution >= 4 is 5.97 Å². The van der Waals surface area contributed by atoms with Crippen LogP contribution in [0.3, 0.4) is 0 Å². The second kappa shape index (κ2) is 5.22. The maximum absolute atomic E-state index is 11.9. The number of methoxy groups -OCH3 is 1. The van der Waals surface area contributed by atoms with Crippen molar-refractivity contribution < 1.29 is 19.0 Å². The van der Waals surface area contributed by atoms with Crippen LogP contribution in [0.4, 0.5) is 0 Å². The van der Waals surface area contributed by atoms with Crippen molar-refractivity contribution in [2.75, 3.05) is 13.7 Å². The highest BCUT2D eigenvalue weighted by Crippen LogP contribution is 2.30. The van der Waals surface area contributed by atoms with Crippen LogP contribution >= 0.6 is 0 Å². The Morgan fingerprint density at radius 2 is 2.21 bits per heavy atom. The monoisotopic (exact) mass is 262 g/mol. The van der Waals surface area contributed by atoms with E-state index in [-0.39, 0.29) is 18.6 Å². The first-order valence-electron chi connectivity index (χ1n) is 5.97. The Morgan fingerprint density at radius 3 is 2.84 bits per heavy atom. The molecule has 1 heterocycles. The van der Waals surface area contributed by atoms with E-state index in [0.717, 1.165) is 21.5 Å². The molecule has 2 rings (SSSR count). The molecule has 0 aromatic heterocycles. The van der Waals surface area contributed by atoms with Crippen molar-refractivity contribution in [2.45, 2.75) is 19.9 Å². The second-order valence-electron chi connectivity index (χ2n) is 4.44. The summed E-state index contributed by atoms with van der Waals surface area (Å²) in [7, 11) is 1.57. The Bertz CT molecular complexity index is 552. The van der Waals surface area contributed by atoms with Crippen molar-refractivity contribution in [1.29, 1.82) is 0 Å². The summed E-state index contributed by atoms with van der Waals surface area (Å²) in [5, 5.41) is 0. The van der Waals surface area contributed by atoms with Crippen molar-refractivity contribution in [2.24, 2.45) is 0 Å². The maximum atomic E-state index is 11.9. The predicted octanol–water partition coefficient (Wildman–Crippen LogP) is 2.01. The minimum Gasteiger partial charge on any atom is -0.497 e. The lowest BCUT2D eigenvalue weighted by Gasteiger charge is -2.20. The van der Waals surface area contributed by atoms with E-state index in [2.05, 4.69) is 0 Å². The quantitative estimate of drug-likeness (QED) is 0.576. The van der Waals surface area contributed by atoms with Crippen LogP contribution in [0.25, 0.3) is 0 Å². The van der Waals surface area contributed by atoms with Crippen LogP contribution in [0, 0.1) is 4.91 Å². The van der Waals surface area contributed by atoms with Gasteiger partial charge in [-0.3, -0.25) is 4.79 Å². The third-order valence-corrected chi connectivity index (χ3v) is 3.13. The molecule has 1 aliphatic heterocycles. The molecule has 100 valence electrons. The number of carbonyl (C=O) groups is 1. The molecule has 0 N–H and O–H groups in total. The van der Waals surface area contributed by atoms with Gasteiger partial charge in [0.1, 0.15) is 12.4 Å². The van der Waals surface area contributed by atoms with Crippen molar-refractivity contribution in [3.8, 4) is 0 Å². The van der Waals surface area contributed by atoms with E-state index in [1.165, 1.54) is 13.1 Å². The highest BCUT2D eigenvalue weighted by molar-refractivity contribution is 5.66. The molecule has 0 bridgehead atoms. The minimum atomic E-state index is -0.381. The van der Waals surface area contributed by atoms with E-state index in [1.54, 1.807) is 19.3 Å². The van der Waals surface area contributed by atoms with Gasteiger partial charge in [0.15, 0.2) is 0 Å². The number of hydrogen-bond acceptors (Lipinski definition) is 4. The number of hydrogen-bond donors (Lipinski definition) is 0. The Labute approximate surface area is 111 Å². The topological polar surface area (TPSA) is 55.6 Å². The summed E-state index contributed by atoms with van der Waals surface area (Å²) in [4.78, 5) is 22.8. The summed E-state index contributed by atoms with van der Waals surface area (Å²) < 4.78 is 11.1. The third kappa shape index (κ3) is 2.65. The van der Waals surface area contributed by atoms with Gasteiger partial charge in [-0.05, 0) is 25.2 Å². The molecule has 0 aromatic carbocycles. The molecular weight excluding hydrogens is 246 g/mol. The molecule has 19 heavy (non-hydrogen) atoms. The summed E-state index contributed by atoms with van der Waals surface area (Å²) >= 11 is 0. The van der Waals surface area contributed by atoms with E-state index in [1.807, 2.05) is 13.0 Å². The van der Waals surface area contributed by atoms with Crippen LogP contribution in [0.5, 0.6) is 0 Å². The minimum absolute atomic E-state index is 0.165. The molecule has 5 heteroatoms. The standard InChI is InChI=1S/C14H16NO4/c1-9-7-15(17)14-5-4-11(18-3)6-12(14)13(9)8-19-10(2)16/h4-7,14H,8H2,1-3H3/q+1. The normalized spacial score (nSPS) is 21.6. The number of allylic oxidation sites excluding steroid dienone is 1. The zero-order chi connectivity index (χ0) is 14.0.